The molecular formula is C12H9F3OS. The smallest absolute Gasteiger partial charge is 0.293 e. The molecule has 0 saturated heterocycles. The van der Waals surface area contributed by atoms with Crippen molar-refractivity contribution >= 4 is 22.7 Å². The molecule has 0 amide bonds. The van der Waals surface area contributed by atoms with E-state index in [1.54, 1.807) is 16.8 Å². The average Bonchev–Trinajstić information content (AvgIpc) is 2.73. The lowest BCUT2D eigenvalue weighted by Gasteiger charge is -2.22. The van der Waals surface area contributed by atoms with E-state index in [4.69, 9.17) is 0 Å². The predicted molar refractivity (Wildman–Crippen MR) is 60.6 cm³/mol. The van der Waals surface area contributed by atoms with Crippen molar-refractivity contribution in [1.82, 2.24) is 0 Å². The van der Waals surface area contributed by atoms with Crippen LogP contribution < -0.4 is 0 Å². The lowest BCUT2D eigenvalue weighted by molar-refractivity contribution is -0.123. The van der Waals surface area contributed by atoms with E-state index in [2.05, 4.69) is 0 Å². The molecule has 1 aliphatic carbocycles. The number of Topliss-reactive ketones (excluding diaryl/α,β-unsaturated/α-hetero) is 1. The molecule has 2 rings (SSSR count). The first-order valence-electron chi connectivity index (χ1n) is 4.97. The van der Waals surface area contributed by atoms with Crippen molar-refractivity contribution in [2.75, 3.05) is 0 Å². The topological polar surface area (TPSA) is 17.1 Å². The number of ketones is 1. The summed E-state index contributed by atoms with van der Waals surface area (Å²) in [5.41, 5.74) is 0.262. The molecule has 5 heteroatoms. The summed E-state index contributed by atoms with van der Waals surface area (Å²) < 4.78 is 37.8. The molecule has 17 heavy (non-hydrogen) atoms. The minimum absolute atomic E-state index is 0.353. The highest BCUT2D eigenvalue weighted by atomic mass is 32.1. The molecule has 0 radical (unpaired) electrons. The molecule has 0 aromatic carbocycles. The van der Waals surface area contributed by atoms with Gasteiger partial charge in [-0.05, 0) is 22.4 Å². The summed E-state index contributed by atoms with van der Waals surface area (Å²) in [5.74, 6) is -1.60. The van der Waals surface area contributed by atoms with Crippen LogP contribution in [0.4, 0.5) is 13.2 Å². The van der Waals surface area contributed by atoms with Gasteiger partial charge in [-0.3, -0.25) is 4.79 Å². The van der Waals surface area contributed by atoms with Crippen LogP contribution in [0, 0.1) is 5.92 Å². The molecule has 0 spiro atoms. The van der Waals surface area contributed by atoms with Crippen LogP contribution in [0.25, 0.3) is 5.57 Å². The van der Waals surface area contributed by atoms with Gasteiger partial charge in [-0.2, -0.15) is 24.5 Å². The van der Waals surface area contributed by atoms with Gasteiger partial charge in [-0.15, -0.1) is 0 Å². The van der Waals surface area contributed by atoms with E-state index in [-0.39, 0.29) is 0 Å². The number of carbonyl (C=O) groups excluding carboxylic acids is 1. The first-order chi connectivity index (χ1) is 7.91. The summed E-state index contributed by atoms with van der Waals surface area (Å²) in [5, 5.41) is 3.54. The number of allylic oxidation sites excluding steroid dienone is 4. The van der Waals surface area contributed by atoms with Gasteiger partial charge < -0.3 is 0 Å². The Hall–Kier alpha value is -1.36. The van der Waals surface area contributed by atoms with E-state index in [1.165, 1.54) is 24.3 Å². The van der Waals surface area contributed by atoms with Gasteiger partial charge in [-0.25, -0.2) is 0 Å². The second-order valence-corrected chi connectivity index (χ2v) is 4.58. The Morgan fingerprint density at radius 1 is 1.29 bits per heavy atom. The van der Waals surface area contributed by atoms with Gasteiger partial charge in [0.15, 0.2) is 5.78 Å². The first kappa shape index (κ1) is 12.1. The van der Waals surface area contributed by atoms with Gasteiger partial charge >= 0.3 is 6.18 Å². The molecule has 1 aliphatic rings. The van der Waals surface area contributed by atoms with E-state index < -0.39 is 23.5 Å². The number of alkyl halides is 3. The fourth-order valence-corrected chi connectivity index (χ4v) is 2.43. The summed E-state index contributed by atoms with van der Waals surface area (Å²) in [6.45, 7) is 1.29. The van der Waals surface area contributed by atoms with Crippen LogP contribution in [0.15, 0.2) is 34.6 Å². The van der Waals surface area contributed by atoms with Crippen molar-refractivity contribution in [3.8, 4) is 0 Å². The Morgan fingerprint density at radius 3 is 2.53 bits per heavy atom. The summed E-state index contributed by atoms with van der Waals surface area (Å²) >= 11 is 1.41. The molecule has 1 unspecified atom stereocenters. The Labute approximate surface area is 100 Å². The van der Waals surface area contributed by atoms with Gasteiger partial charge in [0.05, 0.1) is 0 Å². The Bertz CT molecular complexity index is 494. The molecule has 0 N–H and O–H groups in total. The van der Waals surface area contributed by atoms with Gasteiger partial charge in [0.1, 0.15) is 0 Å². The third-order valence-electron chi connectivity index (χ3n) is 2.71. The number of hydrogen-bond acceptors (Lipinski definition) is 2. The highest BCUT2D eigenvalue weighted by Gasteiger charge is 2.41. The largest absolute Gasteiger partial charge is 0.413 e. The van der Waals surface area contributed by atoms with E-state index in [9.17, 15) is 18.0 Å². The van der Waals surface area contributed by atoms with Crippen LogP contribution in [0.3, 0.4) is 0 Å². The standard InChI is InChI=1S/C12H9F3OS/c1-7-10(12(13,14)15)3-2-9(11(7)16)8-4-5-17-6-8/h2-7H,1H3. The highest BCUT2D eigenvalue weighted by molar-refractivity contribution is 7.08. The van der Waals surface area contributed by atoms with Crippen molar-refractivity contribution < 1.29 is 18.0 Å². The molecule has 1 nitrogen and oxygen atoms in total. The fourth-order valence-electron chi connectivity index (χ4n) is 1.77. The van der Waals surface area contributed by atoms with Crippen LogP contribution in [-0.2, 0) is 4.79 Å². The molecule has 0 fully saturated rings. The maximum absolute atomic E-state index is 12.6. The summed E-state index contributed by atoms with van der Waals surface area (Å²) in [7, 11) is 0. The quantitative estimate of drug-likeness (QED) is 0.748. The van der Waals surface area contributed by atoms with E-state index in [0.29, 0.717) is 11.1 Å². The van der Waals surface area contributed by atoms with Crippen molar-refractivity contribution in [1.29, 1.82) is 0 Å². The van der Waals surface area contributed by atoms with Crippen molar-refractivity contribution in [3.63, 3.8) is 0 Å². The zero-order chi connectivity index (χ0) is 12.6. The third kappa shape index (κ3) is 2.20. The minimum atomic E-state index is -4.44. The second kappa shape index (κ2) is 4.14. The lowest BCUT2D eigenvalue weighted by Crippen LogP contribution is -2.27. The zero-order valence-corrected chi connectivity index (χ0v) is 9.73. The van der Waals surface area contributed by atoms with Crippen molar-refractivity contribution in [2.45, 2.75) is 13.1 Å². The van der Waals surface area contributed by atoms with Gasteiger partial charge in [0.2, 0.25) is 0 Å². The second-order valence-electron chi connectivity index (χ2n) is 3.80. The van der Waals surface area contributed by atoms with Crippen molar-refractivity contribution in [2.24, 2.45) is 5.92 Å². The molecule has 0 saturated carbocycles. The van der Waals surface area contributed by atoms with E-state index in [0.717, 1.165) is 6.08 Å². The molecular weight excluding hydrogens is 249 g/mol. The van der Waals surface area contributed by atoms with Crippen LogP contribution in [-0.4, -0.2) is 12.0 Å². The van der Waals surface area contributed by atoms with Crippen LogP contribution in [0.2, 0.25) is 0 Å². The molecule has 0 aliphatic heterocycles. The fraction of sp³-hybridized carbons (Fsp3) is 0.250. The van der Waals surface area contributed by atoms with Crippen LogP contribution in [0.5, 0.6) is 0 Å². The zero-order valence-electron chi connectivity index (χ0n) is 8.91. The lowest BCUT2D eigenvalue weighted by atomic mass is 9.85. The maximum atomic E-state index is 12.6. The Morgan fingerprint density at radius 2 is 2.00 bits per heavy atom. The number of rotatable bonds is 1. The van der Waals surface area contributed by atoms with Crippen LogP contribution >= 0.6 is 11.3 Å². The normalized spacial score (nSPS) is 21.2. The Kier molecular flexibility index (Phi) is 2.95. The Balaban J connectivity index is 2.43. The number of carbonyl (C=O) groups is 1. The van der Waals surface area contributed by atoms with Crippen LogP contribution in [0.1, 0.15) is 12.5 Å². The molecule has 1 heterocycles. The molecule has 1 atom stereocenters. The van der Waals surface area contributed by atoms with Gasteiger partial charge in [0, 0.05) is 17.1 Å². The predicted octanol–water partition coefficient (Wildman–Crippen LogP) is 3.84. The molecule has 1 aromatic heterocycles. The summed E-state index contributed by atoms with van der Waals surface area (Å²) in [6.07, 6.45) is -2.18. The van der Waals surface area contributed by atoms with Gasteiger partial charge in [-0.1, -0.05) is 19.1 Å². The number of thiophene rings is 1. The maximum Gasteiger partial charge on any atom is 0.413 e. The third-order valence-corrected chi connectivity index (χ3v) is 3.40. The SMILES string of the molecule is CC1C(=O)C(c2ccsc2)=CC=C1C(F)(F)F. The van der Waals surface area contributed by atoms with Crippen molar-refractivity contribution in [3.05, 3.63) is 40.1 Å². The first-order valence-corrected chi connectivity index (χ1v) is 5.91. The monoisotopic (exact) mass is 258 g/mol. The molecule has 90 valence electrons. The minimum Gasteiger partial charge on any atom is -0.293 e. The number of hydrogen-bond donors (Lipinski definition) is 0. The molecule has 0 bridgehead atoms. The number of halogens is 3. The molecule has 1 aromatic rings. The van der Waals surface area contributed by atoms with Gasteiger partial charge in [0.25, 0.3) is 0 Å². The van der Waals surface area contributed by atoms with E-state index in [1.807, 2.05) is 0 Å². The van der Waals surface area contributed by atoms with E-state index >= 15 is 0 Å². The summed E-state index contributed by atoms with van der Waals surface area (Å²) in [6, 6.07) is 1.73. The summed E-state index contributed by atoms with van der Waals surface area (Å²) in [4.78, 5) is 11.9. The highest BCUT2D eigenvalue weighted by Crippen LogP contribution is 2.37. The average molecular weight is 258 g/mol.